The van der Waals surface area contributed by atoms with Crippen LogP contribution in [-0.4, -0.2) is 47.0 Å². The number of carbonyl (C=O) groups excluding carboxylic acids is 1. The molecule has 0 saturated heterocycles. The van der Waals surface area contributed by atoms with E-state index >= 15 is 0 Å². The van der Waals surface area contributed by atoms with Crippen molar-refractivity contribution in [3.05, 3.63) is 30.1 Å². The molecule has 2 heterocycles. The van der Waals surface area contributed by atoms with Gasteiger partial charge < -0.3 is 15.3 Å². The third-order valence-electron chi connectivity index (χ3n) is 3.32. The van der Waals surface area contributed by atoms with E-state index in [-0.39, 0.29) is 17.5 Å². The number of anilines is 1. The van der Waals surface area contributed by atoms with Gasteiger partial charge in [0.2, 0.25) is 5.91 Å². The largest absolute Gasteiger partial charge is 0.476 e. The number of pyridine rings is 1. The molecule has 2 rings (SSSR count). The van der Waals surface area contributed by atoms with Crippen LogP contribution in [0.15, 0.2) is 24.4 Å². The summed E-state index contributed by atoms with van der Waals surface area (Å²) in [4.78, 5) is 29.1. The van der Waals surface area contributed by atoms with Gasteiger partial charge in [-0.3, -0.25) is 9.20 Å². The number of amides is 1. The monoisotopic (exact) mass is 290 g/mol. The molecule has 0 radical (unpaired) electrons. The van der Waals surface area contributed by atoms with Crippen LogP contribution in [0.25, 0.3) is 5.65 Å². The van der Waals surface area contributed by atoms with Crippen LogP contribution in [0.2, 0.25) is 0 Å². The maximum Gasteiger partial charge on any atom is 0.356 e. The minimum absolute atomic E-state index is 0.0946. The van der Waals surface area contributed by atoms with Crippen LogP contribution in [0.1, 0.15) is 17.4 Å². The van der Waals surface area contributed by atoms with Gasteiger partial charge in [-0.05, 0) is 12.1 Å². The molecule has 7 heteroatoms. The van der Waals surface area contributed by atoms with Gasteiger partial charge in [-0.1, -0.05) is 13.0 Å². The first kappa shape index (κ1) is 14.8. The number of aromatic carboxylic acids is 1. The molecule has 7 nitrogen and oxygen atoms in total. The van der Waals surface area contributed by atoms with E-state index in [0.29, 0.717) is 18.0 Å². The van der Waals surface area contributed by atoms with E-state index in [2.05, 4.69) is 10.3 Å². The molecule has 21 heavy (non-hydrogen) atoms. The summed E-state index contributed by atoms with van der Waals surface area (Å²) in [6.45, 7) is 2.16. The van der Waals surface area contributed by atoms with Crippen molar-refractivity contribution in [1.82, 2.24) is 14.7 Å². The fourth-order valence-electron chi connectivity index (χ4n) is 2.27. The predicted molar refractivity (Wildman–Crippen MR) is 78.7 cm³/mol. The van der Waals surface area contributed by atoms with Gasteiger partial charge in [0.1, 0.15) is 5.65 Å². The first-order chi connectivity index (χ1) is 9.95. The molecule has 0 aliphatic carbocycles. The third kappa shape index (κ3) is 2.81. The van der Waals surface area contributed by atoms with Gasteiger partial charge in [0.15, 0.2) is 11.5 Å². The Balaban J connectivity index is 2.39. The lowest BCUT2D eigenvalue weighted by molar-refractivity contribution is -0.123. The fourth-order valence-corrected chi connectivity index (χ4v) is 2.27. The number of carbonyl (C=O) groups is 2. The van der Waals surface area contributed by atoms with Crippen molar-refractivity contribution in [2.75, 3.05) is 25.5 Å². The van der Waals surface area contributed by atoms with E-state index in [0.717, 1.165) is 0 Å². The van der Waals surface area contributed by atoms with Gasteiger partial charge in [0.25, 0.3) is 0 Å². The lowest BCUT2D eigenvalue weighted by atomic mass is 10.1. The molecule has 0 fully saturated rings. The number of carboxylic acid groups (broad SMARTS) is 1. The summed E-state index contributed by atoms with van der Waals surface area (Å²) in [6, 6.07) is 5.29. The van der Waals surface area contributed by atoms with Gasteiger partial charge >= 0.3 is 5.97 Å². The van der Waals surface area contributed by atoms with E-state index in [1.54, 1.807) is 50.3 Å². The van der Waals surface area contributed by atoms with E-state index < -0.39 is 5.97 Å². The Morgan fingerprint density at radius 1 is 1.48 bits per heavy atom. The lowest BCUT2D eigenvalue weighted by Crippen LogP contribution is -2.35. The number of hydrogen-bond donors (Lipinski definition) is 2. The molecule has 112 valence electrons. The summed E-state index contributed by atoms with van der Waals surface area (Å²) in [7, 11) is 3.31. The number of fused-ring (bicyclic) bond motifs is 1. The van der Waals surface area contributed by atoms with Crippen molar-refractivity contribution in [1.29, 1.82) is 0 Å². The highest BCUT2D eigenvalue weighted by atomic mass is 16.4. The number of aromatic nitrogens is 2. The normalized spacial score (nSPS) is 12.1. The van der Waals surface area contributed by atoms with E-state index in [1.165, 1.54) is 4.40 Å². The molecule has 1 amide bonds. The van der Waals surface area contributed by atoms with Gasteiger partial charge in [0, 0.05) is 26.8 Å². The van der Waals surface area contributed by atoms with Gasteiger partial charge in [0.05, 0.1) is 5.92 Å². The van der Waals surface area contributed by atoms with Crippen molar-refractivity contribution in [2.45, 2.75) is 6.92 Å². The van der Waals surface area contributed by atoms with Gasteiger partial charge in [-0.15, -0.1) is 0 Å². The molecule has 0 aromatic carbocycles. The van der Waals surface area contributed by atoms with E-state index in [1.807, 2.05) is 0 Å². The number of hydrogen-bond acceptors (Lipinski definition) is 4. The minimum atomic E-state index is -1.05. The lowest BCUT2D eigenvalue weighted by Gasteiger charge is -2.20. The number of carboxylic acids is 1. The Kier molecular flexibility index (Phi) is 4.11. The SMILES string of the molecule is CNC(=O)C(C)CN(C)c1nc2ccccn2c1C(=O)O. The summed E-state index contributed by atoms with van der Waals surface area (Å²) in [5, 5.41) is 12.0. The summed E-state index contributed by atoms with van der Waals surface area (Å²) in [6.07, 6.45) is 1.66. The van der Waals surface area contributed by atoms with Crippen molar-refractivity contribution < 1.29 is 14.7 Å². The Bertz CT molecular complexity index is 680. The first-order valence-corrected chi connectivity index (χ1v) is 6.58. The predicted octanol–water partition coefficient (Wildman–Crippen LogP) is 0.851. The summed E-state index contributed by atoms with van der Waals surface area (Å²) >= 11 is 0. The van der Waals surface area contributed by atoms with Crippen LogP contribution in [0.4, 0.5) is 5.82 Å². The maximum atomic E-state index is 11.6. The Labute approximate surface area is 122 Å². The molecule has 0 bridgehead atoms. The molecule has 0 aliphatic heterocycles. The molecule has 2 N–H and O–H groups in total. The molecule has 2 aromatic heterocycles. The average Bonchev–Trinajstić information content (AvgIpc) is 2.85. The highest BCUT2D eigenvalue weighted by molar-refractivity contribution is 5.93. The summed E-state index contributed by atoms with van der Waals surface area (Å²) in [5.41, 5.74) is 0.654. The van der Waals surface area contributed by atoms with Crippen LogP contribution in [0.3, 0.4) is 0 Å². The molecule has 0 spiro atoms. The van der Waals surface area contributed by atoms with Crippen molar-refractivity contribution in [3.63, 3.8) is 0 Å². The second-order valence-corrected chi connectivity index (χ2v) is 4.91. The second kappa shape index (κ2) is 5.82. The molecule has 1 unspecified atom stereocenters. The van der Waals surface area contributed by atoms with E-state index in [4.69, 9.17) is 0 Å². The Morgan fingerprint density at radius 2 is 2.19 bits per heavy atom. The topological polar surface area (TPSA) is 86.9 Å². The molecular formula is C14H18N4O3. The Morgan fingerprint density at radius 3 is 2.81 bits per heavy atom. The number of imidazole rings is 1. The summed E-state index contributed by atoms with van der Waals surface area (Å²) in [5.74, 6) is -1.07. The number of nitrogens with zero attached hydrogens (tertiary/aromatic N) is 3. The molecule has 0 saturated carbocycles. The molecule has 0 aliphatic rings. The molecular weight excluding hydrogens is 272 g/mol. The van der Waals surface area contributed by atoms with Crippen molar-refractivity contribution >= 4 is 23.3 Å². The Hall–Kier alpha value is -2.57. The standard InChI is InChI=1S/C14H18N4O3/c1-9(13(19)15-2)8-17(3)12-11(14(20)21)18-7-5-4-6-10(18)16-12/h4-7,9H,8H2,1-3H3,(H,15,19)(H,20,21). The minimum Gasteiger partial charge on any atom is -0.476 e. The quantitative estimate of drug-likeness (QED) is 0.852. The zero-order chi connectivity index (χ0) is 15.6. The van der Waals surface area contributed by atoms with Crippen LogP contribution < -0.4 is 10.2 Å². The first-order valence-electron chi connectivity index (χ1n) is 6.58. The number of rotatable bonds is 5. The average molecular weight is 290 g/mol. The smallest absolute Gasteiger partial charge is 0.356 e. The van der Waals surface area contributed by atoms with Crippen molar-refractivity contribution in [2.24, 2.45) is 5.92 Å². The van der Waals surface area contributed by atoms with Crippen LogP contribution in [0, 0.1) is 5.92 Å². The van der Waals surface area contributed by atoms with Gasteiger partial charge in [-0.25, -0.2) is 9.78 Å². The number of nitrogens with one attached hydrogen (secondary N) is 1. The second-order valence-electron chi connectivity index (χ2n) is 4.91. The highest BCUT2D eigenvalue weighted by Crippen LogP contribution is 2.21. The zero-order valence-corrected chi connectivity index (χ0v) is 12.2. The molecule has 1 atom stereocenters. The van der Waals surface area contributed by atoms with Crippen LogP contribution in [-0.2, 0) is 4.79 Å². The van der Waals surface area contributed by atoms with E-state index in [9.17, 15) is 14.7 Å². The highest BCUT2D eigenvalue weighted by Gasteiger charge is 2.23. The third-order valence-corrected chi connectivity index (χ3v) is 3.32. The summed E-state index contributed by atoms with van der Waals surface area (Å²) < 4.78 is 1.53. The zero-order valence-electron chi connectivity index (χ0n) is 12.2. The fraction of sp³-hybridized carbons (Fsp3) is 0.357. The van der Waals surface area contributed by atoms with Gasteiger partial charge in [-0.2, -0.15) is 0 Å². The van der Waals surface area contributed by atoms with Crippen LogP contribution >= 0.6 is 0 Å². The van der Waals surface area contributed by atoms with Crippen LogP contribution in [0.5, 0.6) is 0 Å². The molecule has 2 aromatic rings. The maximum absolute atomic E-state index is 11.6. The van der Waals surface area contributed by atoms with Crippen molar-refractivity contribution in [3.8, 4) is 0 Å².